The van der Waals surface area contributed by atoms with Gasteiger partial charge in [-0.15, -0.1) is 0 Å². The highest BCUT2D eigenvalue weighted by atomic mass is 35.5. The summed E-state index contributed by atoms with van der Waals surface area (Å²) < 4.78 is 30.8. The number of amides is 4. The Bertz CT molecular complexity index is 1550. The zero-order chi connectivity index (χ0) is 26.2. The van der Waals surface area contributed by atoms with E-state index < -0.39 is 33.5 Å². The first-order valence-electron chi connectivity index (χ1n) is 10.1. The number of nitrogens with zero attached hydrogens (tertiary/aromatic N) is 1. The number of anilines is 1. The van der Waals surface area contributed by atoms with Crippen molar-refractivity contribution in [3.63, 3.8) is 0 Å². The maximum Gasteiger partial charge on any atom is 0.339 e. The fraction of sp³-hybridized carbons (Fsp3) is 0.0417. The molecule has 12 heteroatoms. The molecule has 8 nitrogen and oxygen atoms in total. The van der Waals surface area contributed by atoms with E-state index in [1.54, 1.807) is 13.0 Å². The van der Waals surface area contributed by atoms with Gasteiger partial charge in [-0.05, 0) is 73.2 Å². The van der Waals surface area contributed by atoms with Gasteiger partial charge >= 0.3 is 16.1 Å². The summed E-state index contributed by atoms with van der Waals surface area (Å²) in [7, 11) is -4.30. The predicted octanol–water partition coefficient (Wildman–Crippen LogP) is 5.39. The molecular weight excluding hydrogens is 551 g/mol. The summed E-state index contributed by atoms with van der Waals surface area (Å²) in [4.78, 5) is 38.8. The summed E-state index contributed by atoms with van der Waals surface area (Å²) in [5, 5.41) is 2.92. The number of imide groups is 2. The SMILES string of the molecule is Cc1ccc(N2C(=O)NC(=O)/C(=C\c3cc(Cl)ccc3OS(=O)(=O)c3ccc(Cl)cc3)C2=O)cc1Cl. The van der Waals surface area contributed by atoms with Crippen molar-refractivity contribution in [2.24, 2.45) is 0 Å². The molecule has 0 bridgehead atoms. The fourth-order valence-electron chi connectivity index (χ4n) is 3.24. The van der Waals surface area contributed by atoms with Gasteiger partial charge in [0.15, 0.2) is 0 Å². The Morgan fingerprint density at radius 3 is 2.22 bits per heavy atom. The fourth-order valence-corrected chi connectivity index (χ4v) is 4.68. The third-order valence-electron chi connectivity index (χ3n) is 5.09. The van der Waals surface area contributed by atoms with E-state index in [1.165, 1.54) is 54.6 Å². The summed E-state index contributed by atoms with van der Waals surface area (Å²) in [5.41, 5.74) is 0.413. The minimum Gasteiger partial charge on any atom is -0.378 e. The van der Waals surface area contributed by atoms with Crippen LogP contribution in [0.1, 0.15) is 11.1 Å². The van der Waals surface area contributed by atoms with Crippen molar-refractivity contribution in [2.45, 2.75) is 11.8 Å². The average molecular weight is 566 g/mol. The van der Waals surface area contributed by atoms with Gasteiger partial charge < -0.3 is 4.18 Å². The monoisotopic (exact) mass is 564 g/mol. The van der Waals surface area contributed by atoms with Crippen LogP contribution in [-0.4, -0.2) is 26.3 Å². The van der Waals surface area contributed by atoms with Gasteiger partial charge in [0.25, 0.3) is 11.8 Å². The van der Waals surface area contributed by atoms with Gasteiger partial charge in [0, 0.05) is 20.6 Å². The van der Waals surface area contributed by atoms with Crippen LogP contribution in [0.25, 0.3) is 6.08 Å². The lowest BCUT2D eigenvalue weighted by molar-refractivity contribution is -0.122. The zero-order valence-corrected chi connectivity index (χ0v) is 21.4. The molecule has 1 aliphatic heterocycles. The molecule has 4 amide bonds. The Morgan fingerprint density at radius 2 is 1.56 bits per heavy atom. The maximum absolute atomic E-state index is 13.2. The topological polar surface area (TPSA) is 110 Å². The highest BCUT2D eigenvalue weighted by Crippen LogP contribution is 2.31. The molecule has 1 N–H and O–H groups in total. The lowest BCUT2D eigenvalue weighted by Crippen LogP contribution is -2.54. The predicted molar refractivity (Wildman–Crippen MR) is 136 cm³/mol. The van der Waals surface area contributed by atoms with Crippen molar-refractivity contribution in [2.75, 3.05) is 4.90 Å². The summed E-state index contributed by atoms with van der Waals surface area (Å²) in [6, 6.07) is 12.8. The van der Waals surface area contributed by atoms with Gasteiger partial charge in [-0.1, -0.05) is 40.9 Å². The van der Waals surface area contributed by atoms with Crippen LogP contribution in [0.5, 0.6) is 5.75 Å². The Labute approximate surface area is 221 Å². The highest BCUT2D eigenvalue weighted by molar-refractivity contribution is 7.87. The Morgan fingerprint density at radius 1 is 0.889 bits per heavy atom. The number of benzene rings is 3. The third kappa shape index (κ3) is 5.24. The van der Waals surface area contributed by atoms with E-state index in [0.717, 1.165) is 16.5 Å². The smallest absolute Gasteiger partial charge is 0.339 e. The van der Waals surface area contributed by atoms with Gasteiger partial charge in [0.2, 0.25) is 0 Å². The van der Waals surface area contributed by atoms with Gasteiger partial charge in [0.1, 0.15) is 16.2 Å². The summed E-state index contributed by atoms with van der Waals surface area (Å²) >= 11 is 18.0. The highest BCUT2D eigenvalue weighted by Gasteiger charge is 2.37. The Balaban J connectivity index is 1.75. The number of rotatable bonds is 5. The summed E-state index contributed by atoms with van der Waals surface area (Å²) in [6.45, 7) is 1.75. The number of nitrogens with one attached hydrogen (secondary N) is 1. The van der Waals surface area contributed by atoms with Crippen LogP contribution in [0.2, 0.25) is 15.1 Å². The van der Waals surface area contributed by atoms with E-state index >= 15 is 0 Å². The van der Waals surface area contributed by atoms with Crippen molar-refractivity contribution in [3.05, 3.63) is 92.4 Å². The minimum absolute atomic E-state index is 0.00905. The van der Waals surface area contributed by atoms with E-state index in [0.29, 0.717) is 10.0 Å². The number of urea groups is 1. The quantitative estimate of drug-likeness (QED) is 0.252. The van der Waals surface area contributed by atoms with E-state index in [9.17, 15) is 22.8 Å². The second-order valence-corrected chi connectivity index (χ2v) is 10.4. The lowest BCUT2D eigenvalue weighted by atomic mass is 10.1. The minimum atomic E-state index is -4.30. The first kappa shape index (κ1) is 25.7. The van der Waals surface area contributed by atoms with E-state index in [-0.39, 0.29) is 26.9 Å². The summed E-state index contributed by atoms with van der Waals surface area (Å²) in [5.74, 6) is -2.13. The molecule has 0 unspecified atom stereocenters. The van der Waals surface area contributed by atoms with E-state index in [4.69, 9.17) is 39.0 Å². The van der Waals surface area contributed by atoms with Crippen molar-refractivity contribution in [1.82, 2.24) is 5.32 Å². The van der Waals surface area contributed by atoms with Crippen molar-refractivity contribution >= 4 is 74.5 Å². The molecule has 184 valence electrons. The second kappa shape index (κ2) is 9.94. The van der Waals surface area contributed by atoms with Crippen molar-refractivity contribution in [3.8, 4) is 5.75 Å². The van der Waals surface area contributed by atoms with Gasteiger partial charge in [-0.3, -0.25) is 14.9 Å². The van der Waals surface area contributed by atoms with E-state index in [1.807, 2.05) is 0 Å². The first-order chi connectivity index (χ1) is 17.0. The Hall–Kier alpha value is -3.37. The molecule has 36 heavy (non-hydrogen) atoms. The Kier molecular flexibility index (Phi) is 7.10. The number of halogens is 3. The average Bonchev–Trinajstić information content (AvgIpc) is 2.80. The van der Waals surface area contributed by atoms with E-state index in [2.05, 4.69) is 5.32 Å². The van der Waals surface area contributed by atoms with Crippen LogP contribution in [0.15, 0.2) is 71.1 Å². The molecule has 0 aromatic heterocycles. The zero-order valence-electron chi connectivity index (χ0n) is 18.3. The van der Waals surface area contributed by atoms with Gasteiger partial charge in [-0.2, -0.15) is 8.42 Å². The van der Waals surface area contributed by atoms with Crippen molar-refractivity contribution < 1.29 is 27.0 Å². The third-order valence-corrected chi connectivity index (χ3v) is 7.23. The molecule has 3 aromatic rings. The van der Waals surface area contributed by atoms with Crippen LogP contribution < -0.4 is 14.4 Å². The lowest BCUT2D eigenvalue weighted by Gasteiger charge is -2.26. The number of hydrogen-bond donors (Lipinski definition) is 1. The number of carbonyl (C=O) groups excluding carboxylic acids is 3. The van der Waals surface area contributed by atoms with Crippen LogP contribution in [-0.2, 0) is 19.7 Å². The molecule has 0 spiro atoms. The molecule has 1 saturated heterocycles. The molecule has 1 heterocycles. The number of aryl methyl sites for hydroxylation is 1. The molecule has 1 fully saturated rings. The molecule has 4 rings (SSSR count). The largest absolute Gasteiger partial charge is 0.378 e. The molecule has 0 atom stereocenters. The summed E-state index contributed by atoms with van der Waals surface area (Å²) in [6.07, 6.45) is 1.09. The van der Waals surface area contributed by atoms with Crippen LogP contribution >= 0.6 is 34.8 Å². The van der Waals surface area contributed by atoms with Crippen molar-refractivity contribution in [1.29, 1.82) is 0 Å². The standard InChI is InChI=1S/C24H15Cl3N2O6S/c1-13-2-6-17(12-20(13)27)29-23(31)19(22(30)28-24(29)32)11-14-10-16(26)5-9-21(14)35-36(33,34)18-7-3-15(25)4-8-18/h2-12H,1H3,(H,28,30,32)/b19-11+. The van der Waals surface area contributed by atoms with Crippen LogP contribution in [0.3, 0.4) is 0 Å². The number of barbiturate groups is 1. The molecule has 0 radical (unpaired) electrons. The second-order valence-electron chi connectivity index (χ2n) is 7.56. The number of hydrogen-bond acceptors (Lipinski definition) is 6. The maximum atomic E-state index is 13.2. The normalized spacial score (nSPS) is 15.3. The number of carbonyl (C=O) groups is 3. The first-order valence-corrected chi connectivity index (χ1v) is 12.7. The molecule has 3 aromatic carbocycles. The van der Waals surface area contributed by atoms with Gasteiger partial charge in [-0.25, -0.2) is 9.69 Å². The van der Waals surface area contributed by atoms with Crippen LogP contribution in [0, 0.1) is 6.92 Å². The molecule has 0 saturated carbocycles. The van der Waals surface area contributed by atoms with Gasteiger partial charge in [0.05, 0.1) is 5.69 Å². The molecule has 0 aliphatic carbocycles. The molecule has 1 aliphatic rings. The molecular formula is C24H15Cl3N2O6S. The van der Waals surface area contributed by atoms with Crippen LogP contribution in [0.4, 0.5) is 10.5 Å².